The highest BCUT2D eigenvalue weighted by atomic mass is 32.2. The Balaban J connectivity index is 2.12. The number of hydrogen-bond donors (Lipinski definition) is 1. The van der Waals surface area contributed by atoms with E-state index in [0.717, 1.165) is 0 Å². The van der Waals surface area contributed by atoms with E-state index in [9.17, 15) is 23.6 Å². The van der Waals surface area contributed by atoms with Crippen LogP contribution in [0, 0.1) is 11.3 Å². The lowest BCUT2D eigenvalue weighted by molar-refractivity contribution is 0.0696. The van der Waals surface area contributed by atoms with E-state index in [4.69, 9.17) is 0 Å². The summed E-state index contributed by atoms with van der Waals surface area (Å²) in [6.45, 7) is 1.82. The average molecular weight is 394 g/mol. The molecule has 0 fully saturated rings. The molecule has 0 aliphatic rings. The van der Waals surface area contributed by atoms with Crippen molar-refractivity contribution in [1.29, 1.82) is 5.26 Å². The van der Waals surface area contributed by atoms with Crippen molar-refractivity contribution < 1.29 is 18.3 Å². The zero-order valence-electron chi connectivity index (χ0n) is 15.2. The molecule has 142 valence electrons. The van der Waals surface area contributed by atoms with Crippen molar-refractivity contribution in [2.45, 2.75) is 24.0 Å². The summed E-state index contributed by atoms with van der Waals surface area (Å²) in [4.78, 5) is 11.3. The Hall–Kier alpha value is -3.37. The molecule has 7 heteroatoms. The molecule has 0 aliphatic heterocycles. The number of nitrogens with zero attached hydrogens (tertiary/aromatic N) is 2. The van der Waals surface area contributed by atoms with E-state index in [1.165, 1.54) is 18.2 Å². The van der Waals surface area contributed by atoms with Gasteiger partial charge in [0.1, 0.15) is 0 Å². The van der Waals surface area contributed by atoms with Gasteiger partial charge in [-0.25, -0.2) is 13.2 Å². The van der Waals surface area contributed by atoms with Crippen LogP contribution in [0.5, 0.6) is 0 Å². The number of aromatic carboxylic acids is 1. The van der Waals surface area contributed by atoms with Crippen LogP contribution in [0.1, 0.15) is 34.0 Å². The number of rotatable bonds is 6. The van der Waals surface area contributed by atoms with Crippen LogP contribution in [0.15, 0.2) is 65.8 Å². The Morgan fingerprint density at radius 3 is 2.43 bits per heavy atom. The molecule has 0 unspecified atom stereocenters. The topological polar surface area (TPSA) is 100 Å². The predicted molar refractivity (Wildman–Crippen MR) is 104 cm³/mol. The summed E-state index contributed by atoms with van der Waals surface area (Å²) in [5.41, 5.74) is 1.96. The van der Waals surface area contributed by atoms with E-state index < -0.39 is 15.8 Å². The number of carboxylic acids is 1. The molecule has 1 N–H and O–H groups in total. The Kier molecular flexibility index (Phi) is 5.34. The monoisotopic (exact) mass is 394 g/mol. The highest BCUT2D eigenvalue weighted by Gasteiger charge is 2.23. The predicted octanol–water partition coefficient (Wildman–Crippen LogP) is 3.58. The second-order valence-electron chi connectivity index (χ2n) is 6.29. The Morgan fingerprint density at radius 2 is 1.82 bits per heavy atom. The van der Waals surface area contributed by atoms with Crippen molar-refractivity contribution in [1.82, 2.24) is 4.57 Å². The van der Waals surface area contributed by atoms with Crippen LogP contribution < -0.4 is 0 Å². The molecule has 0 atom stereocenters. The number of carboxylic acid groups (broad SMARTS) is 1. The van der Waals surface area contributed by atoms with E-state index in [1.54, 1.807) is 35.2 Å². The largest absolute Gasteiger partial charge is 0.478 e. The summed E-state index contributed by atoms with van der Waals surface area (Å²) in [5.74, 6) is -1.52. The zero-order chi connectivity index (χ0) is 20.3. The molecule has 3 rings (SSSR count). The minimum atomic E-state index is -3.84. The van der Waals surface area contributed by atoms with Crippen molar-refractivity contribution in [2.24, 2.45) is 0 Å². The van der Waals surface area contributed by atoms with E-state index in [2.05, 4.69) is 0 Å². The van der Waals surface area contributed by atoms with Gasteiger partial charge in [0, 0.05) is 18.1 Å². The second-order valence-corrected chi connectivity index (χ2v) is 8.24. The van der Waals surface area contributed by atoms with Crippen molar-refractivity contribution >= 4 is 15.8 Å². The van der Waals surface area contributed by atoms with Crippen molar-refractivity contribution in [2.75, 3.05) is 0 Å². The molecule has 0 spiro atoms. The van der Waals surface area contributed by atoms with Crippen molar-refractivity contribution in [3.63, 3.8) is 0 Å². The van der Waals surface area contributed by atoms with Gasteiger partial charge in [0.15, 0.2) is 9.84 Å². The van der Waals surface area contributed by atoms with Gasteiger partial charge in [-0.3, -0.25) is 0 Å². The summed E-state index contributed by atoms with van der Waals surface area (Å²) < 4.78 is 28.2. The van der Waals surface area contributed by atoms with Crippen LogP contribution in [0.3, 0.4) is 0 Å². The lowest BCUT2D eigenvalue weighted by atomic mass is 10.1. The normalized spacial score (nSPS) is 11.1. The maximum Gasteiger partial charge on any atom is 0.335 e. The van der Waals surface area contributed by atoms with E-state index >= 15 is 0 Å². The molecule has 6 nitrogen and oxygen atoms in total. The van der Waals surface area contributed by atoms with Gasteiger partial charge in [-0.15, -0.1) is 0 Å². The summed E-state index contributed by atoms with van der Waals surface area (Å²) in [7, 11) is -3.84. The fourth-order valence-electron chi connectivity index (χ4n) is 3.07. The summed E-state index contributed by atoms with van der Waals surface area (Å²) in [6, 6.07) is 14.7. The third kappa shape index (κ3) is 3.82. The number of sulfone groups is 1. The standard InChI is InChI=1S/C21H18N2O4S/c1-2-16-6-7-17(21(24)25)12-20(16)28(26,27)14-18-11-15(13-22)5-8-19(18)23-9-3-4-10-23/h3-12H,2,14H2,1H3,(H,24,25). The quantitative estimate of drug-likeness (QED) is 0.689. The number of aromatic nitrogens is 1. The fraction of sp³-hybridized carbons (Fsp3) is 0.143. The van der Waals surface area contributed by atoms with Gasteiger partial charge in [0.2, 0.25) is 0 Å². The van der Waals surface area contributed by atoms with Crippen LogP contribution in [-0.2, 0) is 22.0 Å². The zero-order valence-corrected chi connectivity index (χ0v) is 16.0. The fourth-order valence-corrected chi connectivity index (χ4v) is 4.78. The van der Waals surface area contributed by atoms with Crippen LogP contribution in [0.25, 0.3) is 5.69 Å². The molecule has 0 amide bonds. The van der Waals surface area contributed by atoms with E-state index in [1.807, 2.05) is 25.1 Å². The number of benzene rings is 2. The molecule has 3 aromatic rings. The van der Waals surface area contributed by atoms with Crippen LogP contribution >= 0.6 is 0 Å². The summed E-state index contributed by atoms with van der Waals surface area (Å²) in [5, 5.41) is 18.4. The molecule has 0 saturated carbocycles. The van der Waals surface area contributed by atoms with Gasteiger partial charge < -0.3 is 9.67 Å². The first kappa shape index (κ1) is 19.4. The third-order valence-electron chi connectivity index (χ3n) is 4.47. The first-order valence-electron chi connectivity index (χ1n) is 8.61. The maximum atomic E-state index is 13.2. The molecular weight excluding hydrogens is 376 g/mol. The SMILES string of the molecule is CCc1ccc(C(=O)O)cc1S(=O)(=O)Cc1cc(C#N)ccc1-n1cccc1. The molecule has 2 aromatic carbocycles. The Labute approximate surface area is 163 Å². The van der Waals surface area contributed by atoms with Gasteiger partial charge in [0.25, 0.3) is 0 Å². The molecule has 0 aliphatic carbocycles. The highest BCUT2D eigenvalue weighted by molar-refractivity contribution is 7.90. The molecule has 0 bridgehead atoms. The smallest absolute Gasteiger partial charge is 0.335 e. The highest BCUT2D eigenvalue weighted by Crippen LogP contribution is 2.26. The molecule has 28 heavy (non-hydrogen) atoms. The van der Waals surface area contributed by atoms with Crippen LogP contribution in [0.4, 0.5) is 0 Å². The number of hydrogen-bond acceptors (Lipinski definition) is 4. The van der Waals surface area contributed by atoms with E-state index in [0.29, 0.717) is 28.8 Å². The summed E-state index contributed by atoms with van der Waals surface area (Å²) in [6.07, 6.45) is 4.04. The number of aryl methyl sites for hydroxylation is 1. The minimum Gasteiger partial charge on any atom is -0.478 e. The van der Waals surface area contributed by atoms with Gasteiger partial charge in [-0.05, 0) is 60.0 Å². The molecule has 0 radical (unpaired) electrons. The minimum absolute atomic E-state index is 0.00992. The van der Waals surface area contributed by atoms with Gasteiger partial charge in [-0.2, -0.15) is 5.26 Å². The van der Waals surface area contributed by atoms with Crippen molar-refractivity contribution in [3.05, 3.63) is 83.2 Å². The lowest BCUT2D eigenvalue weighted by Gasteiger charge is -2.14. The number of carbonyl (C=O) groups is 1. The molecule has 1 heterocycles. The van der Waals surface area contributed by atoms with Crippen molar-refractivity contribution in [3.8, 4) is 11.8 Å². The van der Waals surface area contributed by atoms with Gasteiger partial charge in [-0.1, -0.05) is 13.0 Å². The lowest BCUT2D eigenvalue weighted by Crippen LogP contribution is -2.12. The molecule has 1 aromatic heterocycles. The van der Waals surface area contributed by atoms with Crippen LogP contribution in [0.2, 0.25) is 0 Å². The Morgan fingerprint density at radius 1 is 1.11 bits per heavy atom. The van der Waals surface area contributed by atoms with Crippen LogP contribution in [-0.4, -0.2) is 24.1 Å². The van der Waals surface area contributed by atoms with Gasteiger partial charge >= 0.3 is 5.97 Å². The molecular formula is C21H18N2O4S. The first-order chi connectivity index (χ1) is 13.4. The first-order valence-corrected chi connectivity index (χ1v) is 10.3. The average Bonchev–Trinajstić information content (AvgIpc) is 3.21. The second kappa shape index (κ2) is 7.71. The third-order valence-corrected chi connectivity index (χ3v) is 6.21. The van der Waals surface area contributed by atoms with Gasteiger partial charge in [0.05, 0.1) is 27.8 Å². The van der Waals surface area contributed by atoms with E-state index in [-0.39, 0.29) is 16.2 Å². The number of nitriles is 1. The molecule has 0 saturated heterocycles. The maximum absolute atomic E-state index is 13.2. The Bertz CT molecular complexity index is 1170. The summed E-state index contributed by atoms with van der Waals surface area (Å²) >= 11 is 0.